The zero-order valence-corrected chi connectivity index (χ0v) is 8.64. The molecule has 78 valence electrons. The molecule has 0 amide bonds. The number of benzene rings is 2. The molecule has 3 rings (SSSR count). The first-order valence-electron chi connectivity index (χ1n) is 5.13. The lowest BCUT2D eigenvalue weighted by molar-refractivity contribution is 1.10. The van der Waals surface area contributed by atoms with Gasteiger partial charge < -0.3 is 5.73 Å². The standard InChI is InChI=1S/C13H11N3/c14-12-8-15-16-13(12)11-7-3-5-9-4-1-2-6-10(9)11/h1-8H,14H2,(H,15,16). The van der Waals surface area contributed by atoms with Gasteiger partial charge >= 0.3 is 0 Å². The van der Waals surface area contributed by atoms with Crippen LogP contribution in [0.15, 0.2) is 48.7 Å². The maximum atomic E-state index is 5.87. The van der Waals surface area contributed by atoms with Crippen molar-refractivity contribution >= 4 is 16.5 Å². The second-order valence-corrected chi connectivity index (χ2v) is 3.73. The number of hydrogen-bond acceptors (Lipinski definition) is 2. The Morgan fingerprint density at radius 3 is 2.62 bits per heavy atom. The number of rotatable bonds is 1. The van der Waals surface area contributed by atoms with Gasteiger partial charge in [-0.15, -0.1) is 0 Å². The van der Waals surface area contributed by atoms with E-state index in [1.807, 2.05) is 24.3 Å². The van der Waals surface area contributed by atoms with E-state index in [1.165, 1.54) is 10.8 Å². The fraction of sp³-hybridized carbons (Fsp3) is 0. The van der Waals surface area contributed by atoms with Crippen molar-refractivity contribution < 1.29 is 0 Å². The van der Waals surface area contributed by atoms with Gasteiger partial charge in [-0.1, -0.05) is 42.5 Å². The van der Waals surface area contributed by atoms with E-state index >= 15 is 0 Å². The third kappa shape index (κ3) is 1.26. The summed E-state index contributed by atoms with van der Waals surface area (Å²) in [6.45, 7) is 0. The van der Waals surface area contributed by atoms with Crippen LogP contribution in [0.2, 0.25) is 0 Å². The molecule has 3 N–H and O–H groups in total. The second-order valence-electron chi connectivity index (χ2n) is 3.73. The Kier molecular flexibility index (Phi) is 1.90. The molecular formula is C13H11N3. The van der Waals surface area contributed by atoms with Gasteiger partial charge in [0.05, 0.1) is 17.6 Å². The molecule has 0 unspecified atom stereocenters. The van der Waals surface area contributed by atoms with Gasteiger partial charge in [-0.25, -0.2) is 0 Å². The van der Waals surface area contributed by atoms with Crippen LogP contribution in [0.1, 0.15) is 0 Å². The van der Waals surface area contributed by atoms with Crippen molar-refractivity contribution in [3.05, 3.63) is 48.7 Å². The summed E-state index contributed by atoms with van der Waals surface area (Å²) in [7, 11) is 0. The Hall–Kier alpha value is -2.29. The summed E-state index contributed by atoms with van der Waals surface area (Å²) in [5, 5.41) is 9.28. The summed E-state index contributed by atoms with van der Waals surface area (Å²) in [6, 6.07) is 14.4. The average molecular weight is 209 g/mol. The predicted molar refractivity (Wildman–Crippen MR) is 65.9 cm³/mol. The third-order valence-electron chi connectivity index (χ3n) is 2.73. The molecular weight excluding hydrogens is 198 g/mol. The first-order valence-corrected chi connectivity index (χ1v) is 5.13. The summed E-state index contributed by atoms with van der Waals surface area (Å²) in [4.78, 5) is 0. The molecule has 0 bridgehead atoms. The highest BCUT2D eigenvalue weighted by Gasteiger charge is 2.07. The molecule has 0 aliphatic rings. The molecule has 0 aliphatic heterocycles. The van der Waals surface area contributed by atoms with E-state index in [1.54, 1.807) is 6.20 Å². The molecule has 0 aliphatic carbocycles. The van der Waals surface area contributed by atoms with Crippen LogP contribution in [0.4, 0.5) is 5.69 Å². The molecule has 3 nitrogen and oxygen atoms in total. The fourth-order valence-corrected chi connectivity index (χ4v) is 1.95. The molecule has 1 heterocycles. The smallest absolute Gasteiger partial charge is 0.0886 e. The number of aromatic nitrogens is 2. The summed E-state index contributed by atoms with van der Waals surface area (Å²) >= 11 is 0. The molecule has 1 aromatic heterocycles. The highest BCUT2D eigenvalue weighted by molar-refractivity contribution is 5.97. The monoisotopic (exact) mass is 209 g/mol. The lowest BCUT2D eigenvalue weighted by atomic mass is 10.0. The first-order chi connectivity index (χ1) is 7.86. The minimum Gasteiger partial charge on any atom is -0.396 e. The first kappa shape index (κ1) is 8.97. The molecule has 0 atom stereocenters. The van der Waals surface area contributed by atoms with Gasteiger partial charge in [0.25, 0.3) is 0 Å². The quantitative estimate of drug-likeness (QED) is 0.647. The highest BCUT2D eigenvalue weighted by Crippen LogP contribution is 2.30. The molecule has 2 aromatic carbocycles. The van der Waals surface area contributed by atoms with Crippen molar-refractivity contribution in [2.75, 3.05) is 5.73 Å². The second kappa shape index (κ2) is 3.38. The zero-order valence-electron chi connectivity index (χ0n) is 8.64. The highest BCUT2D eigenvalue weighted by atomic mass is 15.1. The summed E-state index contributed by atoms with van der Waals surface area (Å²) in [5.74, 6) is 0. The van der Waals surface area contributed by atoms with Crippen molar-refractivity contribution in [1.29, 1.82) is 0 Å². The lowest BCUT2D eigenvalue weighted by Crippen LogP contribution is -1.87. The van der Waals surface area contributed by atoms with Crippen LogP contribution in [0.3, 0.4) is 0 Å². The van der Waals surface area contributed by atoms with Crippen LogP contribution in [0, 0.1) is 0 Å². The minimum atomic E-state index is 0.677. The molecule has 3 heteroatoms. The largest absolute Gasteiger partial charge is 0.396 e. The number of fused-ring (bicyclic) bond motifs is 1. The Labute approximate surface area is 92.9 Å². The predicted octanol–water partition coefficient (Wildman–Crippen LogP) is 2.81. The maximum absolute atomic E-state index is 5.87. The molecule has 0 fully saturated rings. The van der Waals surface area contributed by atoms with Crippen molar-refractivity contribution in [2.45, 2.75) is 0 Å². The van der Waals surface area contributed by atoms with Gasteiger partial charge in [-0.05, 0) is 10.8 Å². The van der Waals surface area contributed by atoms with Gasteiger partial charge in [0.15, 0.2) is 0 Å². The van der Waals surface area contributed by atoms with E-state index in [0.717, 1.165) is 11.3 Å². The van der Waals surface area contributed by atoms with Gasteiger partial charge in [0.2, 0.25) is 0 Å². The van der Waals surface area contributed by atoms with Crippen LogP contribution < -0.4 is 5.73 Å². The Morgan fingerprint density at radius 1 is 1.00 bits per heavy atom. The number of nitrogens with two attached hydrogens (primary N) is 1. The number of hydrogen-bond donors (Lipinski definition) is 2. The molecule has 0 saturated heterocycles. The fourth-order valence-electron chi connectivity index (χ4n) is 1.95. The number of nitrogen functional groups attached to an aromatic ring is 1. The van der Waals surface area contributed by atoms with Crippen LogP contribution in [0.25, 0.3) is 22.0 Å². The zero-order chi connectivity index (χ0) is 11.0. The van der Waals surface area contributed by atoms with Crippen molar-refractivity contribution in [1.82, 2.24) is 10.2 Å². The molecule has 0 spiro atoms. The Balaban J connectivity index is 2.36. The van der Waals surface area contributed by atoms with Gasteiger partial charge in [0.1, 0.15) is 0 Å². The van der Waals surface area contributed by atoms with Crippen molar-refractivity contribution in [3.8, 4) is 11.3 Å². The summed E-state index contributed by atoms with van der Waals surface area (Å²) in [5.41, 5.74) is 8.52. The molecule has 0 radical (unpaired) electrons. The van der Waals surface area contributed by atoms with Gasteiger partial charge in [-0.3, -0.25) is 5.10 Å². The lowest BCUT2D eigenvalue weighted by Gasteiger charge is -2.04. The van der Waals surface area contributed by atoms with Crippen LogP contribution in [-0.2, 0) is 0 Å². The number of anilines is 1. The Bertz CT molecular complexity index is 635. The SMILES string of the molecule is Nc1cn[nH]c1-c1cccc2ccccc12. The molecule has 16 heavy (non-hydrogen) atoms. The average Bonchev–Trinajstić information content (AvgIpc) is 2.75. The maximum Gasteiger partial charge on any atom is 0.0886 e. The van der Waals surface area contributed by atoms with Crippen molar-refractivity contribution in [2.24, 2.45) is 0 Å². The molecule has 3 aromatic rings. The van der Waals surface area contributed by atoms with Gasteiger partial charge in [0, 0.05) is 5.56 Å². The minimum absolute atomic E-state index is 0.677. The van der Waals surface area contributed by atoms with E-state index in [-0.39, 0.29) is 0 Å². The number of nitrogens with zero attached hydrogens (tertiary/aromatic N) is 1. The number of aromatic amines is 1. The van der Waals surface area contributed by atoms with Crippen LogP contribution >= 0.6 is 0 Å². The van der Waals surface area contributed by atoms with Crippen LogP contribution in [-0.4, -0.2) is 10.2 Å². The van der Waals surface area contributed by atoms with E-state index in [2.05, 4.69) is 28.4 Å². The molecule has 0 saturated carbocycles. The van der Waals surface area contributed by atoms with Crippen molar-refractivity contribution in [3.63, 3.8) is 0 Å². The van der Waals surface area contributed by atoms with Gasteiger partial charge in [-0.2, -0.15) is 5.10 Å². The summed E-state index contributed by atoms with van der Waals surface area (Å²) in [6.07, 6.45) is 1.64. The summed E-state index contributed by atoms with van der Waals surface area (Å²) < 4.78 is 0. The van der Waals surface area contributed by atoms with E-state index in [0.29, 0.717) is 5.69 Å². The third-order valence-corrected chi connectivity index (χ3v) is 2.73. The Morgan fingerprint density at radius 2 is 1.81 bits per heavy atom. The topological polar surface area (TPSA) is 54.7 Å². The van der Waals surface area contributed by atoms with E-state index < -0.39 is 0 Å². The van der Waals surface area contributed by atoms with Crippen LogP contribution in [0.5, 0.6) is 0 Å². The van der Waals surface area contributed by atoms with E-state index in [9.17, 15) is 0 Å². The normalized spacial score (nSPS) is 10.8. The number of nitrogens with one attached hydrogen (secondary N) is 1. The van der Waals surface area contributed by atoms with E-state index in [4.69, 9.17) is 5.73 Å². The number of H-pyrrole nitrogens is 1.